The van der Waals surface area contributed by atoms with Crippen molar-refractivity contribution in [2.45, 2.75) is 5.41 Å². The van der Waals surface area contributed by atoms with Gasteiger partial charge in [0.25, 0.3) is 0 Å². The van der Waals surface area contributed by atoms with Crippen molar-refractivity contribution >= 4 is 66.8 Å². The first kappa shape index (κ1) is 42.0. The first-order valence-electron chi connectivity index (χ1n) is 25.5. The summed E-state index contributed by atoms with van der Waals surface area (Å²) in [6.45, 7) is 0. The molecule has 13 aromatic rings. The Morgan fingerprint density at radius 2 is 0.703 bits per heavy atom. The van der Waals surface area contributed by atoms with Crippen LogP contribution in [0.3, 0.4) is 0 Å². The van der Waals surface area contributed by atoms with Gasteiger partial charge >= 0.3 is 0 Å². The number of hydrogen-bond acceptors (Lipinski definition) is 3. The van der Waals surface area contributed by atoms with E-state index in [0.717, 1.165) is 67.2 Å². The highest BCUT2D eigenvalue weighted by atomic mass is 16.3. The molecular formula is C71H46N2O. The Balaban J connectivity index is 0.766. The average molecular weight is 943 g/mol. The molecule has 1 heterocycles. The van der Waals surface area contributed by atoms with Gasteiger partial charge in [-0.05, 0) is 156 Å². The Morgan fingerprint density at radius 3 is 1.31 bits per heavy atom. The Bertz CT molecular complexity index is 4240. The van der Waals surface area contributed by atoms with E-state index in [1.807, 2.05) is 12.1 Å². The van der Waals surface area contributed by atoms with Crippen molar-refractivity contribution in [3.8, 4) is 44.5 Å². The second-order valence-electron chi connectivity index (χ2n) is 19.6. The zero-order chi connectivity index (χ0) is 48.7. The summed E-state index contributed by atoms with van der Waals surface area (Å²) in [5, 5.41) is 4.80. The van der Waals surface area contributed by atoms with Crippen LogP contribution in [0.25, 0.3) is 77.2 Å². The van der Waals surface area contributed by atoms with Crippen molar-refractivity contribution in [1.29, 1.82) is 0 Å². The molecule has 0 saturated heterocycles. The summed E-state index contributed by atoms with van der Waals surface area (Å²) in [4.78, 5) is 4.70. The highest BCUT2D eigenvalue weighted by Crippen LogP contribution is 2.64. The van der Waals surface area contributed by atoms with Crippen molar-refractivity contribution in [1.82, 2.24) is 0 Å². The lowest BCUT2D eigenvalue weighted by Gasteiger charge is -2.32. The molecule has 0 unspecified atom stereocenters. The minimum atomic E-state index is -0.465. The maximum Gasteiger partial charge on any atom is 0.137 e. The molecule has 0 fully saturated rings. The molecule has 0 saturated carbocycles. The van der Waals surface area contributed by atoms with E-state index in [-0.39, 0.29) is 0 Å². The van der Waals surface area contributed by atoms with E-state index < -0.39 is 5.41 Å². The molecule has 0 radical (unpaired) electrons. The number of fused-ring (bicyclic) bond motifs is 15. The molecule has 1 spiro atoms. The second kappa shape index (κ2) is 16.7. The maximum atomic E-state index is 6.32. The fourth-order valence-electron chi connectivity index (χ4n) is 12.4. The monoisotopic (exact) mass is 942 g/mol. The molecule has 3 heteroatoms. The highest BCUT2D eigenvalue weighted by Gasteiger charge is 2.52. The van der Waals surface area contributed by atoms with Gasteiger partial charge in [-0.1, -0.05) is 194 Å². The van der Waals surface area contributed by atoms with Gasteiger partial charge in [0.1, 0.15) is 11.2 Å². The van der Waals surface area contributed by atoms with Crippen molar-refractivity contribution in [2.24, 2.45) is 0 Å². The van der Waals surface area contributed by atoms with E-state index in [9.17, 15) is 0 Å². The SMILES string of the molecule is c1ccc(N(c2ccc(-c3ccc(-c4ccc(N(c5ccccc5)c5ccc6c(c5)oc5ccccc56)cc4)cc3)cc2)c2ccc3c(c2)C2(c4ccccc4-c4ccccc42)c2ccc4ccccc4c2-3)cc1. The number of furan rings is 1. The number of benzene rings is 12. The molecule has 74 heavy (non-hydrogen) atoms. The fourth-order valence-corrected chi connectivity index (χ4v) is 12.4. The summed E-state index contributed by atoms with van der Waals surface area (Å²) in [7, 11) is 0. The lowest BCUT2D eigenvalue weighted by Crippen LogP contribution is -2.26. The quantitative estimate of drug-likeness (QED) is 0.151. The van der Waals surface area contributed by atoms with Crippen LogP contribution in [0, 0.1) is 0 Å². The molecule has 0 aliphatic heterocycles. The Labute approximate surface area is 430 Å². The summed E-state index contributed by atoms with van der Waals surface area (Å²) >= 11 is 0. The third kappa shape index (κ3) is 6.40. The van der Waals surface area contributed by atoms with Crippen LogP contribution < -0.4 is 9.80 Å². The number of anilines is 6. The van der Waals surface area contributed by atoms with Gasteiger partial charge in [0.15, 0.2) is 0 Å². The van der Waals surface area contributed by atoms with E-state index >= 15 is 0 Å². The maximum absolute atomic E-state index is 6.32. The van der Waals surface area contributed by atoms with Gasteiger partial charge in [-0.2, -0.15) is 0 Å². The summed E-state index contributed by atoms with van der Waals surface area (Å²) in [6.07, 6.45) is 0. The number of para-hydroxylation sites is 3. The fraction of sp³-hybridized carbons (Fsp3) is 0.0141. The number of rotatable bonds is 8. The van der Waals surface area contributed by atoms with Crippen LogP contribution in [0.4, 0.5) is 34.1 Å². The van der Waals surface area contributed by atoms with E-state index in [2.05, 4.69) is 277 Å². The third-order valence-electron chi connectivity index (χ3n) is 15.7. The standard InChI is InChI=1S/C71H46N2O/c1-3-16-52(17-4-1)72(56-41-43-63-67(45-56)71(66-44-35-51-15-7-8-20-58(51)70(63)66)64-24-12-9-21-59(64)60-22-10-13-25-65(60)71)54-36-31-49(32-37-54)47-27-29-48(30-28-47)50-33-38-55(39-34-50)73(53-18-5-2-6-19-53)57-40-42-62-61-23-11-14-26-68(61)74-69(62)46-57/h1-46H. The van der Waals surface area contributed by atoms with E-state index in [0.29, 0.717) is 0 Å². The van der Waals surface area contributed by atoms with Gasteiger partial charge in [0.2, 0.25) is 0 Å². The molecule has 0 amide bonds. The van der Waals surface area contributed by atoms with Gasteiger partial charge in [0, 0.05) is 51.0 Å². The topological polar surface area (TPSA) is 19.6 Å². The average Bonchev–Trinajstić information content (AvgIpc) is 4.19. The lowest BCUT2D eigenvalue weighted by molar-refractivity contribution is 0.669. The molecule has 2 aliphatic rings. The van der Waals surface area contributed by atoms with Crippen LogP contribution in [0.1, 0.15) is 22.3 Å². The van der Waals surface area contributed by atoms with Gasteiger partial charge in [-0.25, -0.2) is 0 Å². The summed E-state index contributed by atoms with van der Waals surface area (Å²) in [5.74, 6) is 0. The third-order valence-corrected chi connectivity index (χ3v) is 15.7. The van der Waals surface area contributed by atoms with Crippen molar-refractivity contribution in [3.63, 3.8) is 0 Å². The molecule has 0 atom stereocenters. The first-order chi connectivity index (χ1) is 36.7. The minimum Gasteiger partial charge on any atom is -0.456 e. The van der Waals surface area contributed by atoms with E-state index in [1.54, 1.807) is 0 Å². The van der Waals surface area contributed by atoms with Crippen LogP contribution >= 0.6 is 0 Å². The van der Waals surface area contributed by atoms with Crippen molar-refractivity contribution in [2.75, 3.05) is 9.80 Å². The Morgan fingerprint density at radius 1 is 0.257 bits per heavy atom. The molecule has 0 N–H and O–H groups in total. The first-order valence-corrected chi connectivity index (χ1v) is 25.5. The molecule has 3 nitrogen and oxygen atoms in total. The Kier molecular flexibility index (Phi) is 9.48. The lowest BCUT2D eigenvalue weighted by atomic mass is 9.70. The van der Waals surface area contributed by atoms with E-state index in [1.165, 1.54) is 66.4 Å². The zero-order valence-electron chi connectivity index (χ0n) is 40.4. The largest absolute Gasteiger partial charge is 0.456 e. The summed E-state index contributed by atoms with van der Waals surface area (Å²) < 4.78 is 6.32. The van der Waals surface area contributed by atoms with Crippen molar-refractivity contribution in [3.05, 3.63) is 301 Å². The van der Waals surface area contributed by atoms with Gasteiger partial charge in [-0.15, -0.1) is 0 Å². The Hall–Kier alpha value is -9.70. The summed E-state index contributed by atoms with van der Waals surface area (Å²) in [5.41, 5.74) is 23.1. The van der Waals surface area contributed by atoms with Crippen molar-refractivity contribution < 1.29 is 4.42 Å². The second-order valence-corrected chi connectivity index (χ2v) is 19.6. The molecule has 346 valence electrons. The van der Waals surface area contributed by atoms with Crippen LogP contribution in [0.15, 0.2) is 283 Å². The van der Waals surface area contributed by atoms with Gasteiger partial charge < -0.3 is 14.2 Å². The van der Waals surface area contributed by atoms with E-state index in [4.69, 9.17) is 4.42 Å². The molecule has 0 bridgehead atoms. The number of hydrogen-bond donors (Lipinski definition) is 0. The predicted octanol–water partition coefficient (Wildman–Crippen LogP) is 19.4. The normalized spacial score (nSPS) is 12.7. The van der Waals surface area contributed by atoms with Crippen LogP contribution in [-0.4, -0.2) is 0 Å². The molecule has 12 aromatic carbocycles. The van der Waals surface area contributed by atoms with Crippen LogP contribution in [-0.2, 0) is 5.41 Å². The minimum absolute atomic E-state index is 0.465. The van der Waals surface area contributed by atoms with Crippen LogP contribution in [0.5, 0.6) is 0 Å². The van der Waals surface area contributed by atoms with Gasteiger partial charge in [-0.3, -0.25) is 0 Å². The predicted molar refractivity (Wildman–Crippen MR) is 308 cm³/mol. The molecule has 15 rings (SSSR count). The van der Waals surface area contributed by atoms with Gasteiger partial charge in [0.05, 0.1) is 5.41 Å². The molecular weight excluding hydrogens is 897 g/mol. The number of nitrogens with zero attached hydrogens (tertiary/aromatic N) is 2. The summed E-state index contributed by atoms with van der Waals surface area (Å²) in [6, 6.07) is 102. The molecule has 2 aliphatic carbocycles. The zero-order valence-corrected chi connectivity index (χ0v) is 40.4. The van der Waals surface area contributed by atoms with Crippen LogP contribution in [0.2, 0.25) is 0 Å². The smallest absolute Gasteiger partial charge is 0.137 e. The highest BCUT2D eigenvalue weighted by molar-refractivity contribution is 6.08. The molecule has 1 aromatic heterocycles.